The number of nitrogens with one attached hydrogen (secondary N) is 1. The number of pyridine rings is 1. The molecule has 0 aliphatic rings. The average molecular weight is 265 g/mol. The van der Waals surface area contributed by atoms with Gasteiger partial charge in [0.05, 0.1) is 6.54 Å². The van der Waals surface area contributed by atoms with Crippen LogP contribution in [-0.2, 0) is 4.79 Å². The Morgan fingerprint density at radius 3 is 2.53 bits per heavy atom. The third kappa shape index (κ3) is 4.24. The summed E-state index contributed by atoms with van der Waals surface area (Å²) >= 11 is 0. The summed E-state index contributed by atoms with van der Waals surface area (Å²) in [7, 11) is 0. The first-order valence-electron chi connectivity index (χ1n) is 6.08. The van der Waals surface area contributed by atoms with Crippen LogP contribution in [0.4, 0.5) is 0 Å². The highest BCUT2D eigenvalue weighted by Gasteiger charge is 2.21. The van der Waals surface area contributed by atoms with Gasteiger partial charge in [-0.05, 0) is 12.8 Å². The van der Waals surface area contributed by atoms with Crippen molar-refractivity contribution in [2.75, 3.05) is 13.1 Å². The number of hydrogen-bond donors (Lipinski definition) is 2. The van der Waals surface area contributed by atoms with Crippen LogP contribution in [0.25, 0.3) is 0 Å². The van der Waals surface area contributed by atoms with Gasteiger partial charge < -0.3 is 15.6 Å². The molecule has 0 unspecified atom stereocenters. The number of carbonyl (C=O) groups excluding carboxylic acids is 2. The van der Waals surface area contributed by atoms with Crippen LogP contribution in [0.5, 0.6) is 0 Å². The molecule has 6 heteroatoms. The Hall–Kier alpha value is -2.11. The molecule has 104 valence electrons. The van der Waals surface area contributed by atoms with Gasteiger partial charge in [0.15, 0.2) is 5.43 Å². The molecule has 0 saturated carbocycles. The van der Waals surface area contributed by atoms with Crippen LogP contribution in [0.3, 0.4) is 0 Å². The van der Waals surface area contributed by atoms with Crippen LogP contribution >= 0.6 is 0 Å². The molecule has 0 atom stereocenters. The average Bonchev–Trinajstić information content (AvgIpc) is 2.26. The van der Waals surface area contributed by atoms with Crippen molar-refractivity contribution in [2.24, 2.45) is 11.7 Å². The Morgan fingerprint density at radius 2 is 2.05 bits per heavy atom. The van der Waals surface area contributed by atoms with Gasteiger partial charge in [0.25, 0.3) is 5.91 Å². The zero-order chi connectivity index (χ0) is 14.6. The molecule has 0 aromatic carbocycles. The summed E-state index contributed by atoms with van der Waals surface area (Å²) in [6.07, 6.45) is 1.37. The fraction of sp³-hybridized carbons (Fsp3) is 0.462. The van der Waals surface area contributed by atoms with Gasteiger partial charge in [0.1, 0.15) is 5.56 Å². The molecular weight excluding hydrogens is 246 g/mol. The van der Waals surface area contributed by atoms with Crippen LogP contribution in [0, 0.1) is 12.8 Å². The van der Waals surface area contributed by atoms with E-state index in [1.807, 2.05) is 13.8 Å². The van der Waals surface area contributed by atoms with Crippen molar-refractivity contribution in [3.8, 4) is 0 Å². The maximum absolute atomic E-state index is 12.2. The van der Waals surface area contributed by atoms with E-state index in [1.54, 1.807) is 6.92 Å². The minimum absolute atomic E-state index is 0.0208. The van der Waals surface area contributed by atoms with E-state index in [0.717, 1.165) is 0 Å². The van der Waals surface area contributed by atoms with Crippen molar-refractivity contribution in [2.45, 2.75) is 20.8 Å². The Labute approximate surface area is 111 Å². The normalized spacial score (nSPS) is 10.5. The van der Waals surface area contributed by atoms with Crippen LogP contribution < -0.4 is 11.2 Å². The highest BCUT2D eigenvalue weighted by atomic mass is 16.2. The summed E-state index contributed by atoms with van der Waals surface area (Å²) in [5.74, 6) is -0.904. The molecule has 2 amide bonds. The number of primary amides is 1. The van der Waals surface area contributed by atoms with Gasteiger partial charge in [-0.2, -0.15) is 0 Å². The lowest BCUT2D eigenvalue weighted by molar-refractivity contribution is -0.118. The number of aromatic nitrogens is 1. The van der Waals surface area contributed by atoms with Crippen molar-refractivity contribution in [1.29, 1.82) is 0 Å². The van der Waals surface area contributed by atoms with E-state index >= 15 is 0 Å². The van der Waals surface area contributed by atoms with E-state index in [4.69, 9.17) is 5.73 Å². The van der Waals surface area contributed by atoms with Gasteiger partial charge in [-0.25, -0.2) is 0 Å². The van der Waals surface area contributed by atoms with E-state index < -0.39 is 11.8 Å². The molecule has 6 nitrogen and oxygen atoms in total. The van der Waals surface area contributed by atoms with Crippen molar-refractivity contribution in [3.05, 3.63) is 33.7 Å². The number of rotatable bonds is 5. The highest BCUT2D eigenvalue weighted by Crippen LogP contribution is 2.04. The first-order chi connectivity index (χ1) is 8.81. The highest BCUT2D eigenvalue weighted by molar-refractivity contribution is 5.96. The number of hydrogen-bond acceptors (Lipinski definition) is 3. The monoisotopic (exact) mass is 265 g/mol. The van der Waals surface area contributed by atoms with Crippen molar-refractivity contribution in [3.63, 3.8) is 0 Å². The third-order valence-corrected chi connectivity index (χ3v) is 2.51. The van der Waals surface area contributed by atoms with Crippen molar-refractivity contribution >= 4 is 11.8 Å². The molecule has 0 saturated heterocycles. The largest absolute Gasteiger partial charge is 0.368 e. The summed E-state index contributed by atoms with van der Waals surface area (Å²) in [5, 5.41) is 0. The maximum Gasteiger partial charge on any atom is 0.259 e. The molecule has 19 heavy (non-hydrogen) atoms. The molecule has 0 aliphatic heterocycles. The second-order valence-corrected chi connectivity index (χ2v) is 4.94. The van der Waals surface area contributed by atoms with Crippen LogP contribution in [0.2, 0.25) is 0 Å². The second-order valence-electron chi connectivity index (χ2n) is 4.94. The minimum atomic E-state index is -0.599. The predicted octanol–water partition coefficient (Wildman–Crippen LogP) is 0.267. The summed E-state index contributed by atoms with van der Waals surface area (Å²) < 4.78 is 0. The Morgan fingerprint density at radius 1 is 1.42 bits per heavy atom. The molecule has 1 aromatic heterocycles. The van der Waals surface area contributed by atoms with Gasteiger partial charge in [-0.15, -0.1) is 0 Å². The lowest BCUT2D eigenvalue weighted by Gasteiger charge is -2.22. The molecule has 1 rings (SSSR count). The van der Waals surface area contributed by atoms with Gasteiger partial charge in [-0.1, -0.05) is 13.8 Å². The number of carbonyl (C=O) groups is 2. The Balaban J connectivity index is 3.04. The first kappa shape index (κ1) is 14.9. The molecule has 0 bridgehead atoms. The van der Waals surface area contributed by atoms with Crippen molar-refractivity contribution in [1.82, 2.24) is 9.88 Å². The summed E-state index contributed by atoms with van der Waals surface area (Å²) in [5.41, 5.74) is 5.46. The molecule has 0 spiro atoms. The third-order valence-electron chi connectivity index (χ3n) is 2.51. The Kier molecular flexibility index (Phi) is 4.86. The Bertz CT molecular complexity index is 534. The number of amides is 2. The fourth-order valence-electron chi connectivity index (χ4n) is 1.76. The molecular formula is C13H19N3O3. The number of H-pyrrole nitrogens is 1. The van der Waals surface area contributed by atoms with E-state index in [1.165, 1.54) is 17.2 Å². The number of aromatic amines is 1. The molecule has 3 N–H and O–H groups in total. The molecule has 1 heterocycles. The molecule has 0 radical (unpaired) electrons. The number of nitrogens with two attached hydrogens (primary N) is 1. The van der Waals surface area contributed by atoms with Gasteiger partial charge >= 0.3 is 0 Å². The van der Waals surface area contributed by atoms with E-state index in [9.17, 15) is 14.4 Å². The second kappa shape index (κ2) is 6.17. The van der Waals surface area contributed by atoms with E-state index in [-0.39, 0.29) is 23.5 Å². The summed E-state index contributed by atoms with van der Waals surface area (Å²) in [4.78, 5) is 39.1. The van der Waals surface area contributed by atoms with Crippen LogP contribution in [-0.4, -0.2) is 34.8 Å². The smallest absolute Gasteiger partial charge is 0.259 e. The predicted molar refractivity (Wildman–Crippen MR) is 71.7 cm³/mol. The quantitative estimate of drug-likeness (QED) is 0.799. The van der Waals surface area contributed by atoms with Crippen molar-refractivity contribution < 1.29 is 9.59 Å². The standard InChI is InChI=1S/C13H19N3O3/c1-8(2)6-16(7-12(14)18)13(19)10-5-15-9(3)4-11(10)17/h4-5,8H,6-7H2,1-3H3,(H2,14,18)(H,15,17). The minimum Gasteiger partial charge on any atom is -0.368 e. The van der Waals surface area contributed by atoms with Gasteiger partial charge in [0, 0.05) is 24.5 Å². The lowest BCUT2D eigenvalue weighted by atomic mass is 10.1. The zero-order valence-corrected chi connectivity index (χ0v) is 11.4. The molecule has 1 aromatic rings. The topological polar surface area (TPSA) is 96.3 Å². The van der Waals surface area contributed by atoms with Gasteiger partial charge in [0.2, 0.25) is 5.91 Å². The SMILES string of the molecule is Cc1cc(=O)c(C(=O)N(CC(N)=O)CC(C)C)c[nH]1. The van der Waals surface area contributed by atoms with E-state index in [0.29, 0.717) is 12.2 Å². The molecule has 0 fully saturated rings. The first-order valence-corrected chi connectivity index (χ1v) is 6.08. The fourth-order valence-corrected chi connectivity index (χ4v) is 1.76. The molecule has 0 aliphatic carbocycles. The lowest BCUT2D eigenvalue weighted by Crippen LogP contribution is -2.42. The summed E-state index contributed by atoms with van der Waals surface area (Å²) in [6, 6.07) is 1.35. The number of aryl methyl sites for hydroxylation is 1. The van der Waals surface area contributed by atoms with Crippen LogP contribution in [0.15, 0.2) is 17.1 Å². The summed E-state index contributed by atoms with van der Waals surface area (Å²) in [6.45, 7) is 5.74. The zero-order valence-electron chi connectivity index (χ0n) is 11.4. The maximum atomic E-state index is 12.2. The number of nitrogens with zero attached hydrogens (tertiary/aromatic N) is 1. The van der Waals surface area contributed by atoms with Gasteiger partial charge in [-0.3, -0.25) is 14.4 Å². The van der Waals surface area contributed by atoms with E-state index in [2.05, 4.69) is 4.98 Å². The van der Waals surface area contributed by atoms with Crippen LogP contribution in [0.1, 0.15) is 29.9 Å².